The third-order valence-corrected chi connectivity index (χ3v) is 2.56. The molecule has 0 unspecified atom stereocenters. The summed E-state index contributed by atoms with van der Waals surface area (Å²) in [4.78, 5) is 2.99. The van der Waals surface area contributed by atoms with E-state index in [9.17, 15) is 0 Å². The third kappa shape index (κ3) is 1.41. The van der Waals surface area contributed by atoms with E-state index in [1.807, 2.05) is 0 Å². The summed E-state index contributed by atoms with van der Waals surface area (Å²) in [5.74, 6) is 0. The Hall–Kier alpha value is -0.700. The molecule has 2 rings (SSSR count). The highest BCUT2D eigenvalue weighted by Crippen LogP contribution is 2.29. The summed E-state index contributed by atoms with van der Waals surface area (Å²) < 4.78 is 0. The Balaban J connectivity index is 2.80. The van der Waals surface area contributed by atoms with Crippen molar-refractivity contribution in [1.29, 1.82) is 0 Å². The molecule has 0 saturated heterocycles. The maximum atomic E-state index is 8.90. The molecule has 0 atom stereocenters. The van der Waals surface area contributed by atoms with Gasteiger partial charge in [-0.1, -0.05) is 23.2 Å². The van der Waals surface area contributed by atoms with Crippen LogP contribution in [0.25, 0.3) is 10.9 Å². The molecule has 2 N–H and O–H groups in total. The molecule has 0 radical (unpaired) electrons. The predicted molar refractivity (Wildman–Crippen MR) is 54.2 cm³/mol. The molecule has 1 aromatic heterocycles. The number of hydrogen-bond acceptors (Lipinski definition) is 1. The minimum Gasteiger partial charge on any atom is -0.390 e. The van der Waals surface area contributed by atoms with Gasteiger partial charge in [-0.3, -0.25) is 0 Å². The molecule has 0 aliphatic heterocycles. The van der Waals surface area contributed by atoms with E-state index >= 15 is 0 Å². The predicted octanol–water partition coefficient (Wildman–Crippen LogP) is 2.97. The van der Waals surface area contributed by atoms with Gasteiger partial charge >= 0.3 is 0 Å². The number of fused-ring (bicyclic) bond motifs is 1. The van der Waals surface area contributed by atoms with Crippen LogP contribution in [-0.2, 0) is 6.61 Å². The van der Waals surface area contributed by atoms with Gasteiger partial charge in [-0.15, -0.1) is 0 Å². The number of aliphatic hydroxyl groups excluding tert-OH is 1. The summed E-state index contributed by atoms with van der Waals surface area (Å²) in [6.07, 6.45) is 0. The molecular weight excluding hydrogens is 209 g/mol. The molecule has 2 aromatic rings. The maximum absolute atomic E-state index is 8.90. The molecule has 0 saturated carbocycles. The molecule has 0 fully saturated rings. The Kier molecular flexibility index (Phi) is 2.20. The second-order valence-electron chi connectivity index (χ2n) is 2.77. The first-order chi connectivity index (χ1) is 6.22. The topological polar surface area (TPSA) is 36.0 Å². The molecule has 13 heavy (non-hydrogen) atoms. The number of nitrogens with one attached hydrogen (secondary N) is 1. The lowest BCUT2D eigenvalue weighted by Crippen LogP contribution is -1.79. The minimum atomic E-state index is -0.0403. The molecule has 0 amide bonds. The van der Waals surface area contributed by atoms with Gasteiger partial charge in [-0.25, -0.2) is 0 Å². The first-order valence-electron chi connectivity index (χ1n) is 3.79. The quantitative estimate of drug-likeness (QED) is 0.755. The lowest BCUT2D eigenvalue weighted by molar-refractivity contribution is 0.278. The van der Waals surface area contributed by atoms with Crippen LogP contribution < -0.4 is 0 Å². The SMILES string of the molecule is OCc1cc2c(Cl)ccc(Cl)c2[nH]1. The number of H-pyrrole nitrogens is 1. The second-order valence-corrected chi connectivity index (χ2v) is 3.58. The van der Waals surface area contributed by atoms with E-state index < -0.39 is 0 Å². The highest BCUT2D eigenvalue weighted by atomic mass is 35.5. The number of aliphatic hydroxyl groups is 1. The van der Waals surface area contributed by atoms with Crippen molar-refractivity contribution in [3.05, 3.63) is 33.9 Å². The number of aromatic nitrogens is 1. The molecule has 0 aliphatic carbocycles. The summed E-state index contributed by atoms with van der Waals surface area (Å²) in [6, 6.07) is 5.26. The van der Waals surface area contributed by atoms with Crippen molar-refractivity contribution in [2.45, 2.75) is 6.61 Å². The third-order valence-electron chi connectivity index (χ3n) is 1.92. The smallest absolute Gasteiger partial charge is 0.0831 e. The Bertz CT molecular complexity index is 411. The first kappa shape index (κ1) is 8.88. The molecular formula is C9H7Cl2NO. The zero-order valence-corrected chi connectivity index (χ0v) is 8.15. The molecule has 0 aliphatic rings. The van der Waals surface area contributed by atoms with Crippen molar-refractivity contribution in [1.82, 2.24) is 4.98 Å². The minimum absolute atomic E-state index is 0.0403. The summed E-state index contributed by atoms with van der Waals surface area (Å²) in [5.41, 5.74) is 1.49. The van der Waals surface area contributed by atoms with Crippen molar-refractivity contribution >= 4 is 34.1 Å². The average molecular weight is 216 g/mol. The summed E-state index contributed by atoms with van der Waals surface area (Å²) in [6.45, 7) is -0.0403. The lowest BCUT2D eigenvalue weighted by Gasteiger charge is -1.94. The molecule has 1 aromatic carbocycles. The van der Waals surface area contributed by atoms with E-state index in [1.54, 1.807) is 18.2 Å². The Morgan fingerprint density at radius 1 is 1.23 bits per heavy atom. The molecule has 4 heteroatoms. The monoisotopic (exact) mass is 215 g/mol. The number of halogens is 2. The van der Waals surface area contributed by atoms with Crippen LogP contribution in [0.4, 0.5) is 0 Å². The van der Waals surface area contributed by atoms with Gasteiger partial charge in [0.15, 0.2) is 0 Å². The Labute approximate surface area is 85.1 Å². The van der Waals surface area contributed by atoms with Crippen molar-refractivity contribution < 1.29 is 5.11 Å². The van der Waals surface area contributed by atoms with Gasteiger partial charge in [-0.2, -0.15) is 0 Å². The van der Waals surface area contributed by atoms with Crippen molar-refractivity contribution in [2.24, 2.45) is 0 Å². The van der Waals surface area contributed by atoms with Gasteiger partial charge in [0.1, 0.15) is 0 Å². The molecule has 0 bridgehead atoms. The van der Waals surface area contributed by atoms with Crippen LogP contribution >= 0.6 is 23.2 Å². The second kappa shape index (κ2) is 3.22. The van der Waals surface area contributed by atoms with Crippen LogP contribution in [0.2, 0.25) is 10.0 Å². The maximum Gasteiger partial charge on any atom is 0.0831 e. The van der Waals surface area contributed by atoms with E-state index in [0.717, 1.165) is 10.9 Å². The largest absolute Gasteiger partial charge is 0.390 e. The van der Waals surface area contributed by atoms with Gasteiger partial charge in [-0.05, 0) is 18.2 Å². The van der Waals surface area contributed by atoms with E-state index in [1.165, 1.54) is 0 Å². The van der Waals surface area contributed by atoms with Crippen LogP contribution in [0.1, 0.15) is 5.69 Å². The standard InChI is InChI=1S/C9H7Cl2NO/c10-7-1-2-8(11)9-6(7)3-5(4-13)12-9/h1-3,12-13H,4H2. The van der Waals surface area contributed by atoms with Crippen molar-refractivity contribution in [3.63, 3.8) is 0 Å². The van der Waals surface area contributed by atoms with E-state index in [2.05, 4.69) is 4.98 Å². The highest BCUT2D eigenvalue weighted by Gasteiger charge is 2.06. The Morgan fingerprint density at radius 3 is 2.54 bits per heavy atom. The number of rotatable bonds is 1. The molecule has 2 nitrogen and oxygen atoms in total. The first-order valence-corrected chi connectivity index (χ1v) is 4.54. The fourth-order valence-electron chi connectivity index (χ4n) is 1.29. The number of benzene rings is 1. The van der Waals surface area contributed by atoms with Crippen LogP contribution in [0, 0.1) is 0 Å². The lowest BCUT2D eigenvalue weighted by atomic mass is 10.2. The average Bonchev–Trinajstić information content (AvgIpc) is 2.56. The summed E-state index contributed by atoms with van der Waals surface area (Å²) in [7, 11) is 0. The molecule has 0 spiro atoms. The summed E-state index contributed by atoms with van der Waals surface area (Å²) >= 11 is 11.9. The van der Waals surface area contributed by atoms with Gasteiger partial charge < -0.3 is 10.1 Å². The van der Waals surface area contributed by atoms with Crippen LogP contribution in [0.5, 0.6) is 0 Å². The normalized spacial score (nSPS) is 11.0. The van der Waals surface area contributed by atoms with E-state index in [4.69, 9.17) is 28.3 Å². The van der Waals surface area contributed by atoms with E-state index in [0.29, 0.717) is 15.7 Å². The van der Waals surface area contributed by atoms with Crippen molar-refractivity contribution in [3.8, 4) is 0 Å². The fraction of sp³-hybridized carbons (Fsp3) is 0.111. The van der Waals surface area contributed by atoms with Gasteiger partial charge in [0.05, 0.1) is 22.2 Å². The van der Waals surface area contributed by atoms with Crippen LogP contribution in [-0.4, -0.2) is 10.1 Å². The summed E-state index contributed by atoms with van der Waals surface area (Å²) in [5, 5.41) is 11.0. The van der Waals surface area contributed by atoms with Crippen molar-refractivity contribution in [2.75, 3.05) is 0 Å². The van der Waals surface area contributed by atoms with Crippen LogP contribution in [0.15, 0.2) is 18.2 Å². The van der Waals surface area contributed by atoms with E-state index in [-0.39, 0.29) is 6.61 Å². The van der Waals surface area contributed by atoms with Gasteiger partial charge in [0, 0.05) is 11.1 Å². The molecule has 68 valence electrons. The highest BCUT2D eigenvalue weighted by molar-refractivity contribution is 6.39. The van der Waals surface area contributed by atoms with Gasteiger partial charge in [0.25, 0.3) is 0 Å². The Morgan fingerprint density at radius 2 is 1.92 bits per heavy atom. The number of aromatic amines is 1. The van der Waals surface area contributed by atoms with Crippen LogP contribution in [0.3, 0.4) is 0 Å². The number of hydrogen-bond donors (Lipinski definition) is 2. The zero-order valence-electron chi connectivity index (χ0n) is 6.64. The fourth-order valence-corrected chi connectivity index (χ4v) is 1.72. The molecule has 1 heterocycles. The zero-order chi connectivity index (χ0) is 9.42. The van der Waals surface area contributed by atoms with Gasteiger partial charge in [0.2, 0.25) is 0 Å².